The SMILES string of the molecule is COCCOc1ccc(N2CCN(C(=O)C(C)(c3ccccc3)n3ncc4c3nc(N)n3nc(-c5ccco5)nc43)[C@@H](C)C2)cc1. The van der Waals surface area contributed by atoms with Crippen molar-refractivity contribution >= 4 is 34.2 Å². The van der Waals surface area contributed by atoms with Crippen LogP contribution in [0, 0.1) is 0 Å². The number of anilines is 2. The van der Waals surface area contributed by atoms with Gasteiger partial charge in [-0.25, -0.2) is 9.67 Å². The molecule has 2 N–H and O–H groups in total. The Labute approximate surface area is 265 Å². The lowest BCUT2D eigenvalue weighted by Gasteiger charge is -2.44. The molecule has 0 aliphatic carbocycles. The van der Waals surface area contributed by atoms with Gasteiger partial charge < -0.3 is 29.4 Å². The van der Waals surface area contributed by atoms with Gasteiger partial charge in [-0.3, -0.25) is 4.79 Å². The standard InChI is InChI=1S/C33H35N9O4/c1-22-21-39(24-11-13-25(14-12-24)45-19-18-44-3)15-16-40(22)31(43)33(2,23-8-5-4-6-9-23)42-30-26(20-35-42)29-36-28(27-10-7-17-46-27)38-41(29)32(34)37-30/h4-14,17,20,22H,15-16,18-19,21H2,1-3H3,(H2,34,37)/t22-,33?/m0/s1. The highest BCUT2D eigenvalue weighted by atomic mass is 16.5. The molecular formula is C33H35N9O4. The molecule has 4 aromatic heterocycles. The van der Waals surface area contributed by atoms with E-state index < -0.39 is 5.54 Å². The molecule has 46 heavy (non-hydrogen) atoms. The van der Waals surface area contributed by atoms with Crippen molar-refractivity contribution in [2.24, 2.45) is 0 Å². The molecule has 1 fully saturated rings. The van der Waals surface area contributed by atoms with Gasteiger partial charge in [0.2, 0.25) is 11.8 Å². The summed E-state index contributed by atoms with van der Waals surface area (Å²) in [4.78, 5) is 28.4. The predicted octanol–water partition coefficient (Wildman–Crippen LogP) is 3.84. The number of carbonyl (C=O) groups is 1. The molecule has 236 valence electrons. The number of hydrogen-bond acceptors (Lipinski definition) is 10. The molecule has 0 radical (unpaired) electrons. The van der Waals surface area contributed by atoms with Crippen LogP contribution in [0.15, 0.2) is 83.6 Å². The molecule has 1 aliphatic rings. The second-order valence-corrected chi connectivity index (χ2v) is 11.5. The number of nitrogen functional groups attached to an aromatic ring is 1. The second kappa shape index (κ2) is 11.8. The average molecular weight is 622 g/mol. The minimum Gasteiger partial charge on any atom is -0.491 e. The van der Waals surface area contributed by atoms with E-state index >= 15 is 0 Å². The maximum Gasteiger partial charge on any atom is 0.255 e. The van der Waals surface area contributed by atoms with E-state index in [1.165, 1.54) is 4.52 Å². The van der Waals surface area contributed by atoms with E-state index in [1.54, 1.807) is 36.4 Å². The van der Waals surface area contributed by atoms with Gasteiger partial charge in [0, 0.05) is 38.5 Å². The molecule has 6 aromatic rings. The van der Waals surface area contributed by atoms with Gasteiger partial charge in [-0.15, -0.1) is 5.10 Å². The molecule has 13 heteroatoms. The molecule has 2 atom stereocenters. The van der Waals surface area contributed by atoms with Crippen LogP contribution in [-0.2, 0) is 15.1 Å². The number of benzene rings is 2. The number of rotatable bonds is 9. The lowest BCUT2D eigenvalue weighted by molar-refractivity contribution is -0.141. The Morgan fingerprint density at radius 1 is 1.02 bits per heavy atom. The lowest BCUT2D eigenvalue weighted by atomic mass is 9.89. The first-order chi connectivity index (χ1) is 22.4. The third-order valence-electron chi connectivity index (χ3n) is 8.59. The van der Waals surface area contributed by atoms with Gasteiger partial charge in [-0.1, -0.05) is 30.3 Å². The van der Waals surface area contributed by atoms with Crippen molar-refractivity contribution in [2.75, 3.05) is 50.6 Å². The van der Waals surface area contributed by atoms with Crippen LogP contribution in [0.2, 0.25) is 0 Å². The highest BCUT2D eigenvalue weighted by Gasteiger charge is 2.45. The number of nitrogens with zero attached hydrogens (tertiary/aromatic N) is 8. The van der Waals surface area contributed by atoms with Crippen LogP contribution < -0.4 is 15.4 Å². The first-order valence-electron chi connectivity index (χ1n) is 15.2. The Kier molecular flexibility index (Phi) is 7.53. The van der Waals surface area contributed by atoms with Gasteiger partial charge in [0.1, 0.15) is 12.4 Å². The fraction of sp³-hybridized carbons (Fsp3) is 0.303. The molecule has 0 spiro atoms. The van der Waals surface area contributed by atoms with Crippen LogP contribution in [0.4, 0.5) is 11.6 Å². The van der Waals surface area contributed by atoms with Gasteiger partial charge >= 0.3 is 0 Å². The maximum absolute atomic E-state index is 14.8. The summed E-state index contributed by atoms with van der Waals surface area (Å²) < 4.78 is 19.4. The zero-order chi connectivity index (χ0) is 31.8. The minimum absolute atomic E-state index is 0.0826. The zero-order valence-electron chi connectivity index (χ0n) is 25.9. The minimum atomic E-state index is -1.23. The predicted molar refractivity (Wildman–Crippen MR) is 173 cm³/mol. The first-order valence-corrected chi connectivity index (χ1v) is 15.2. The molecule has 13 nitrogen and oxygen atoms in total. The number of piperazine rings is 1. The smallest absolute Gasteiger partial charge is 0.255 e. The highest BCUT2D eigenvalue weighted by Crippen LogP contribution is 2.34. The van der Waals surface area contributed by atoms with Gasteiger partial charge in [0.25, 0.3) is 5.91 Å². The van der Waals surface area contributed by atoms with Crippen molar-refractivity contribution in [1.29, 1.82) is 0 Å². The summed E-state index contributed by atoms with van der Waals surface area (Å²) in [6.45, 7) is 6.87. The molecule has 0 saturated carbocycles. The van der Waals surface area contributed by atoms with Crippen molar-refractivity contribution in [1.82, 2.24) is 34.3 Å². The van der Waals surface area contributed by atoms with Crippen LogP contribution in [0.25, 0.3) is 28.3 Å². The van der Waals surface area contributed by atoms with Gasteiger partial charge in [0.05, 0.1) is 24.5 Å². The highest BCUT2D eigenvalue weighted by molar-refractivity contribution is 5.94. The zero-order valence-corrected chi connectivity index (χ0v) is 25.9. The van der Waals surface area contributed by atoms with Crippen molar-refractivity contribution in [3.63, 3.8) is 0 Å². The number of carbonyl (C=O) groups excluding carboxylic acids is 1. The van der Waals surface area contributed by atoms with Crippen molar-refractivity contribution in [2.45, 2.75) is 25.4 Å². The summed E-state index contributed by atoms with van der Waals surface area (Å²) in [7, 11) is 1.65. The molecule has 1 saturated heterocycles. The third-order valence-corrected chi connectivity index (χ3v) is 8.59. The number of amides is 1. The van der Waals surface area contributed by atoms with E-state index in [0.29, 0.717) is 61.1 Å². The normalized spacial score (nSPS) is 16.6. The second-order valence-electron chi connectivity index (χ2n) is 11.5. The third kappa shape index (κ3) is 4.98. The topological polar surface area (TPSA) is 142 Å². The summed E-state index contributed by atoms with van der Waals surface area (Å²) >= 11 is 0. The van der Waals surface area contributed by atoms with Crippen LogP contribution in [0.3, 0.4) is 0 Å². The van der Waals surface area contributed by atoms with Crippen LogP contribution >= 0.6 is 0 Å². The van der Waals surface area contributed by atoms with E-state index in [9.17, 15) is 4.79 Å². The number of methoxy groups -OCH3 is 1. The van der Waals surface area contributed by atoms with E-state index in [2.05, 4.69) is 29.1 Å². The fourth-order valence-electron chi connectivity index (χ4n) is 6.12. The Morgan fingerprint density at radius 2 is 1.83 bits per heavy atom. The monoisotopic (exact) mass is 621 g/mol. The maximum atomic E-state index is 14.8. The number of furan rings is 1. The van der Waals surface area contributed by atoms with E-state index in [-0.39, 0.29) is 17.9 Å². The fourth-order valence-corrected chi connectivity index (χ4v) is 6.12. The number of nitrogens with two attached hydrogens (primary N) is 1. The van der Waals surface area contributed by atoms with E-state index in [1.807, 2.05) is 54.3 Å². The Balaban J connectivity index is 1.21. The largest absolute Gasteiger partial charge is 0.491 e. The van der Waals surface area contributed by atoms with E-state index in [0.717, 1.165) is 17.0 Å². The quantitative estimate of drug-likeness (QED) is 0.237. The van der Waals surface area contributed by atoms with Gasteiger partial charge in [-0.2, -0.15) is 14.6 Å². The van der Waals surface area contributed by atoms with Crippen molar-refractivity contribution < 1.29 is 18.7 Å². The number of fused-ring (bicyclic) bond motifs is 3. The lowest BCUT2D eigenvalue weighted by Crippen LogP contribution is -2.60. The van der Waals surface area contributed by atoms with Crippen molar-refractivity contribution in [3.05, 3.63) is 84.8 Å². The molecule has 1 aliphatic heterocycles. The van der Waals surface area contributed by atoms with Crippen LogP contribution in [0.1, 0.15) is 19.4 Å². The van der Waals surface area contributed by atoms with Crippen LogP contribution in [0.5, 0.6) is 5.75 Å². The summed E-state index contributed by atoms with van der Waals surface area (Å²) in [5.41, 5.74) is 7.94. The van der Waals surface area contributed by atoms with Crippen molar-refractivity contribution in [3.8, 4) is 17.3 Å². The molecular weight excluding hydrogens is 586 g/mol. The number of aromatic nitrogens is 6. The number of ether oxygens (including phenoxy) is 2. The van der Waals surface area contributed by atoms with Gasteiger partial charge in [0.15, 0.2) is 22.6 Å². The Bertz CT molecular complexity index is 1970. The average Bonchev–Trinajstić information content (AvgIpc) is 3.85. The molecule has 1 amide bonds. The summed E-state index contributed by atoms with van der Waals surface area (Å²) in [5.74, 6) is 1.71. The van der Waals surface area contributed by atoms with E-state index in [4.69, 9.17) is 34.7 Å². The molecule has 0 bridgehead atoms. The Morgan fingerprint density at radius 3 is 2.54 bits per heavy atom. The summed E-state index contributed by atoms with van der Waals surface area (Å²) in [6.07, 6.45) is 3.22. The first kappa shape index (κ1) is 29.3. The summed E-state index contributed by atoms with van der Waals surface area (Å²) in [6, 6.07) is 21.1. The Hall–Kier alpha value is -5.43. The molecule has 1 unspecified atom stereocenters. The molecule has 2 aromatic carbocycles. The molecule has 5 heterocycles. The summed E-state index contributed by atoms with van der Waals surface area (Å²) in [5, 5.41) is 9.88. The van der Waals surface area contributed by atoms with Crippen LogP contribution in [-0.4, -0.2) is 86.2 Å². The molecule has 7 rings (SSSR count). The van der Waals surface area contributed by atoms with Gasteiger partial charge in [-0.05, 0) is 55.8 Å². The number of hydrogen-bond donors (Lipinski definition) is 1.